The van der Waals surface area contributed by atoms with E-state index in [0.717, 1.165) is 116 Å². The second-order valence-electron chi connectivity index (χ2n) is 22.0. The third-order valence-corrected chi connectivity index (χ3v) is 14.3. The molecule has 0 amide bonds. The average molecular weight is 1100 g/mol. The van der Waals surface area contributed by atoms with Crippen molar-refractivity contribution < 1.29 is 28.6 Å². The summed E-state index contributed by atoms with van der Waals surface area (Å²) in [6.45, 7) is 6.38. The predicted molar refractivity (Wildman–Crippen MR) is 343 cm³/mol. The minimum atomic E-state index is -0.820. The number of rotatable bonds is 60. The minimum absolute atomic E-state index is 0.108. The number of ether oxygens (including phenoxy) is 3. The molecule has 0 rings (SSSR count). The lowest BCUT2D eigenvalue weighted by atomic mass is 10.0. The van der Waals surface area contributed by atoms with E-state index in [-0.39, 0.29) is 37.5 Å². The molecular formula is C73H124O6. The highest BCUT2D eigenvalue weighted by atomic mass is 16.6. The molecule has 1 unspecified atom stereocenters. The fourth-order valence-electron chi connectivity index (χ4n) is 9.35. The highest BCUT2D eigenvalue weighted by Crippen LogP contribution is 2.17. The molecule has 0 aliphatic carbocycles. The Kier molecular flexibility index (Phi) is 63.3. The first-order valence-electron chi connectivity index (χ1n) is 33.4. The third-order valence-electron chi connectivity index (χ3n) is 14.3. The molecule has 0 aliphatic heterocycles. The van der Waals surface area contributed by atoms with E-state index in [0.29, 0.717) is 19.3 Å². The maximum atomic E-state index is 12.9. The van der Waals surface area contributed by atoms with E-state index < -0.39 is 6.10 Å². The monoisotopic (exact) mass is 1100 g/mol. The fraction of sp³-hybridized carbons (Fsp3) is 0.712. The van der Waals surface area contributed by atoms with Crippen molar-refractivity contribution in [2.75, 3.05) is 13.2 Å². The van der Waals surface area contributed by atoms with Gasteiger partial charge in [0.1, 0.15) is 13.2 Å². The molecule has 0 aliphatic rings. The molecule has 0 aromatic rings. The summed E-state index contributed by atoms with van der Waals surface area (Å²) in [6.07, 6.45) is 91.2. The van der Waals surface area contributed by atoms with Gasteiger partial charge in [0, 0.05) is 19.3 Å². The van der Waals surface area contributed by atoms with Crippen LogP contribution in [0.4, 0.5) is 0 Å². The van der Waals surface area contributed by atoms with Gasteiger partial charge >= 0.3 is 17.9 Å². The van der Waals surface area contributed by atoms with Crippen molar-refractivity contribution >= 4 is 17.9 Å². The van der Waals surface area contributed by atoms with E-state index in [9.17, 15) is 14.4 Å². The average Bonchev–Trinajstić information content (AvgIpc) is 3.45. The van der Waals surface area contributed by atoms with Gasteiger partial charge in [-0.25, -0.2) is 0 Å². The van der Waals surface area contributed by atoms with Gasteiger partial charge in [0.2, 0.25) is 0 Å². The molecule has 0 N–H and O–H groups in total. The molecule has 0 saturated heterocycles. The minimum Gasteiger partial charge on any atom is -0.462 e. The molecule has 6 nitrogen and oxygen atoms in total. The highest BCUT2D eigenvalue weighted by molar-refractivity contribution is 5.71. The molecule has 1 atom stereocenters. The Morgan fingerprint density at radius 1 is 0.266 bits per heavy atom. The molecule has 452 valence electrons. The number of unbranched alkanes of at least 4 members (excludes halogenated alkanes) is 31. The normalized spacial score (nSPS) is 12.8. The van der Waals surface area contributed by atoms with E-state index in [1.54, 1.807) is 0 Å². The zero-order valence-corrected chi connectivity index (χ0v) is 51.9. The Morgan fingerprint density at radius 3 is 0.810 bits per heavy atom. The van der Waals surface area contributed by atoms with E-state index in [1.807, 2.05) is 0 Å². The van der Waals surface area contributed by atoms with E-state index in [4.69, 9.17) is 14.2 Å². The van der Waals surface area contributed by atoms with Crippen LogP contribution in [-0.4, -0.2) is 37.2 Å². The number of allylic oxidation sites excluding steroid dienone is 18. The topological polar surface area (TPSA) is 78.9 Å². The van der Waals surface area contributed by atoms with Gasteiger partial charge in [0.15, 0.2) is 6.10 Å². The zero-order chi connectivity index (χ0) is 57.1. The van der Waals surface area contributed by atoms with Gasteiger partial charge in [-0.05, 0) is 96.3 Å². The first-order chi connectivity index (χ1) is 39.0. The largest absolute Gasteiger partial charge is 0.462 e. The van der Waals surface area contributed by atoms with Gasteiger partial charge in [-0.1, -0.05) is 310 Å². The van der Waals surface area contributed by atoms with Crippen molar-refractivity contribution in [3.05, 3.63) is 109 Å². The summed E-state index contributed by atoms with van der Waals surface area (Å²) < 4.78 is 16.9. The Balaban J connectivity index is 4.36. The predicted octanol–water partition coefficient (Wildman–Crippen LogP) is 23.0. The van der Waals surface area contributed by atoms with Crippen LogP contribution in [0.15, 0.2) is 109 Å². The number of hydrogen-bond acceptors (Lipinski definition) is 6. The summed E-state index contributed by atoms with van der Waals surface area (Å²) >= 11 is 0. The first kappa shape index (κ1) is 75.1. The molecule has 0 heterocycles. The molecular weight excluding hydrogens is 973 g/mol. The van der Waals surface area contributed by atoms with Crippen molar-refractivity contribution in [3.63, 3.8) is 0 Å². The van der Waals surface area contributed by atoms with Crippen LogP contribution in [0.2, 0.25) is 0 Å². The van der Waals surface area contributed by atoms with Gasteiger partial charge in [0.05, 0.1) is 0 Å². The highest BCUT2D eigenvalue weighted by Gasteiger charge is 2.19. The molecule has 6 heteroatoms. The fourth-order valence-corrected chi connectivity index (χ4v) is 9.35. The maximum absolute atomic E-state index is 12.9. The maximum Gasteiger partial charge on any atom is 0.306 e. The molecule has 0 spiro atoms. The molecule has 0 fully saturated rings. The number of carbonyl (C=O) groups excluding carboxylic acids is 3. The van der Waals surface area contributed by atoms with E-state index >= 15 is 0 Å². The Labute approximate surface area is 489 Å². The lowest BCUT2D eigenvalue weighted by Crippen LogP contribution is -2.30. The van der Waals surface area contributed by atoms with Gasteiger partial charge in [0.25, 0.3) is 0 Å². The number of carbonyl (C=O) groups is 3. The Morgan fingerprint density at radius 2 is 0.506 bits per heavy atom. The SMILES string of the molecule is CC/C=C\C/C=C\C/C=C\C/C=C\C/C=C\CCCC(=O)OC(COC(=O)CCCCCC/C=C\C/C=C\C/C=C\C/C=C\CC)COC(=O)CCCCCCCCCCCCCCCCCCCCCCCCCCCCC. The van der Waals surface area contributed by atoms with Crippen molar-refractivity contribution in [1.29, 1.82) is 0 Å². The molecule has 0 aromatic heterocycles. The third kappa shape index (κ3) is 64.8. The van der Waals surface area contributed by atoms with Crippen LogP contribution >= 0.6 is 0 Å². The molecule has 0 saturated carbocycles. The summed E-state index contributed by atoms with van der Waals surface area (Å²) in [6, 6.07) is 0. The molecule has 0 radical (unpaired) electrons. The quantitative estimate of drug-likeness (QED) is 0.0261. The zero-order valence-electron chi connectivity index (χ0n) is 51.9. The Hall–Kier alpha value is -3.93. The lowest BCUT2D eigenvalue weighted by Gasteiger charge is -2.18. The van der Waals surface area contributed by atoms with Crippen molar-refractivity contribution in [2.24, 2.45) is 0 Å². The van der Waals surface area contributed by atoms with Crippen molar-refractivity contribution in [3.8, 4) is 0 Å². The van der Waals surface area contributed by atoms with Gasteiger partial charge < -0.3 is 14.2 Å². The first-order valence-corrected chi connectivity index (χ1v) is 33.4. The Bertz CT molecular complexity index is 1590. The summed E-state index contributed by atoms with van der Waals surface area (Å²) in [5.41, 5.74) is 0. The van der Waals surface area contributed by atoms with Crippen LogP contribution in [0.3, 0.4) is 0 Å². The van der Waals surface area contributed by atoms with Gasteiger partial charge in [-0.2, -0.15) is 0 Å². The second kappa shape index (κ2) is 66.6. The lowest BCUT2D eigenvalue weighted by molar-refractivity contribution is -0.167. The molecule has 79 heavy (non-hydrogen) atoms. The van der Waals surface area contributed by atoms with Gasteiger partial charge in [-0.15, -0.1) is 0 Å². The summed E-state index contributed by atoms with van der Waals surface area (Å²) in [5.74, 6) is -0.982. The number of esters is 3. The van der Waals surface area contributed by atoms with Crippen molar-refractivity contribution in [1.82, 2.24) is 0 Å². The summed E-state index contributed by atoms with van der Waals surface area (Å²) in [5, 5.41) is 0. The molecule has 0 aromatic carbocycles. The number of hydrogen-bond donors (Lipinski definition) is 0. The summed E-state index contributed by atoms with van der Waals surface area (Å²) in [4.78, 5) is 38.3. The van der Waals surface area contributed by atoms with Crippen LogP contribution < -0.4 is 0 Å². The van der Waals surface area contributed by atoms with Crippen LogP contribution in [0, 0.1) is 0 Å². The van der Waals surface area contributed by atoms with Crippen LogP contribution in [0.1, 0.15) is 316 Å². The van der Waals surface area contributed by atoms with E-state index in [2.05, 4.69) is 130 Å². The van der Waals surface area contributed by atoms with Gasteiger partial charge in [-0.3, -0.25) is 14.4 Å². The van der Waals surface area contributed by atoms with Crippen LogP contribution in [0.5, 0.6) is 0 Å². The standard InChI is InChI=1S/C73H124O6/c1-4-7-10-13-16-19-22-25-28-31-32-33-34-35-36-37-38-39-40-43-45-48-51-54-57-60-63-66-72(75)78-69-70(79-73(76)67-64-61-58-55-52-49-46-42-30-27-24-21-18-15-12-9-6-3)68-77-71(74)65-62-59-56-53-50-47-44-41-29-26-23-20-17-14-11-8-5-2/h8-9,11-12,17-18,20-21,26-27,29-30,44,46-47,49,55,58,70H,4-7,10,13-16,19,22-25,28,31-43,45,48,50-54,56-57,59-69H2,1-3H3/b11-8-,12-9-,20-17-,21-18-,29-26-,30-27-,47-44-,49-46-,58-55-. The van der Waals surface area contributed by atoms with Crippen LogP contribution in [-0.2, 0) is 28.6 Å². The smallest absolute Gasteiger partial charge is 0.306 e. The summed E-state index contributed by atoms with van der Waals surface area (Å²) in [7, 11) is 0. The second-order valence-corrected chi connectivity index (χ2v) is 22.0. The van der Waals surface area contributed by atoms with Crippen molar-refractivity contribution in [2.45, 2.75) is 322 Å². The molecule has 0 bridgehead atoms. The van der Waals surface area contributed by atoms with Crippen LogP contribution in [0.25, 0.3) is 0 Å². The van der Waals surface area contributed by atoms with E-state index in [1.165, 1.54) is 154 Å².